The van der Waals surface area contributed by atoms with Crippen molar-refractivity contribution in [2.45, 2.75) is 13.0 Å². The molecule has 0 amide bonds. The number of halogens is 1. The summed E-state index contributed by atoms with van der Waals surface area (Å²) in [5.74, 6) is 0. The van der Waals surface area contributed by atoms with E-state index in [2.05, 4.69) is 35.9 Å². The maximum Gasteiger partial charge on any atom is 0.0654 e. The van der Waals surface area contributed by atoms with E-state index < -0.39 is 0 Å². The monoisotopic (exact) mass is 245 g/mol. The molecule has 2 rings (SSSR count). The van der Waals surface area contributed by atoms with Crippen molar-refractivity contribution in [2.24, 2.45) is 5.73 Å². The van der Waals surface area contributed by atoms with E-state index >= 15 is 0 Å². The average Bonchev–Trinajstić information content (AvgIpc) is 2.72. The van der Waals surface area contributed by atoms with Gasteiger partial charge in [0.05, 0.1) is 6.04 Å². The third-order valence-corrected chi connectivity index (χ3v) is 3.76. The molecule has 0 unspecified atom stereocenters. The lowest BCUT2D eigenvalue weighted by Crippen LogP contribution is -2.08. The first-order valence-electron chi connectivity index (χ1n) is 4.11. The second kappa shape index (κ2) is 4.94. The topological polar surface area (TPSA) is 26.0 Å². The smallest absolute Gasteiger partial charge is 0.0654 e. The first-order valence-corrected chi connectivity index (χ1v) is 5.87. The van der Waals surface area contributed by atoms with Crippen molar-refractivity contribution in [3.63, 3.8) is 0 Å². The number of nitrogens with two attached hydrogens (primary N) is 1. The van der Waals surface area contributed by atoms with Gasteiger partial charge in [0.25, 0.3) is 0 Å². The standard InChI is InChI=1S/C10H11NS2.ClH/c1-7-2-3-9(13-7)10(11)8-4-5-12-6-8;/h2-6,10H,11H2,1H3;1H/t10-;/m0./s1. The number of thiophene rings is 2. The van der Waals surface area contributed by atoms with Gasteiger partial charge in [0.2, 0.25) is 0 Å². The zero-order valence-corrected chi connectivity index (χ0v) is 10.2. The lowest BCUT2D eigenvalue weighted by Gasteiger charge is -2.05. The van der Waals surface area contributed by atoms with Crippen LogP contribution in [0.2, 0.25) is 0 Å². The maximum atomic E-state index is 6.09. The minimum Gasteiger partial charge on any atom is -0.320 e. The molecular weight excluding hydrogens is 234 g/mol. The molecule has 2 N–H and O–H groups in total. The fourth-order valence-electron chi connectivity index (χ4n) is 1.24. The van der Waals surface area contributed by atoms with Gasteiger partial charge in [0.1, 0.15) is 0 Å². The fraction of sp³-hybridized carbons (Fsp3) is 0.200. The molecule has 14 heavy (non-hydrogen) atoms. The van der Waals surface area contributed by atoms with Gasteiger partial charge < -0.3 is 5.73 Å². The van der Waals surface area contributed by atoms with Gasteiger partial charge in [-0.05, 0) is 41.4 Å². The Bertz CT molecular complexity index is 380. The molecule has 0 aromatic carbocycles. The van der Waals surface area contributed by atoms with Crippen LogP contribution in [-0.4, -0.2) is 0 Å². The van der Waals surface area contributed by atoms with Crippen LogP contribution < -0.4 is 5.73 Å². The van der Waals surface area contributed by atoms with Crippen molar-refractivity contribution in [1.29, 1.82) is 0 Å². The molecule has 76 valence electrons. The molecule has 2 aromatic rings. The Hall–Kier alpha value is -0.350. The minimum atomic E-state index is 0. The van der Waals surface area contributed by atoms with Gasteiger partial charge in [0, 0.05) is 9.75 Å². The fourth-order valence-corrected chi connectivity index (χ4v) is 2.84. The minimum absolute atomic E-state index is 0. The highest BCUT2D eigenvalue weighted by Gasteiger charge is 2.10. The van der Waals surface area contributed by atoms with E-state index in [-0.39, 0.29) is 18.4 Å². The largest absolute Gasteiger partial charge is 0.320 e. The zero-order valence-electron chi connectivity index (χ0n) is 7.77. The first kappa shape index (κ1) is 11.7. The van der Waals surface area contributed by atoms with Gasteiger partial charge in [-0.25, -0.2) is 0 Å². The average molecular weight is 246 g/mol. The third-order valence-electron chi connectivity index (χ3n) is 1.97. The summed E-state index contributed by atoms with van der Waals surface area (Å²) in [5.41, 5.74) is 7.31. The number of aryl methyl sites for hydroxylation is 1. The van der Waals surface area contributed by atoms with Crippen LogP contribution in [0, 0.1) is 6.92 Å². The maximum absolute atomic E-state index is 6.09. The van der Waals surface area contributed by atoms with E-state index in [0.29, 0.717) is 0 Å². The molecule has 0 spiro atoms. The van der Waals surface area contributed by atoms with Gasteiger partial charge >= 0.3 is 0 Å². The van der Waals surface area contributed by atoms with Crippen molar-refractivity contribution in [3.8, 4) is 0 Å². The number of hydrogen-bond donors (Lipinski definition) is 1. The van der Waals surface area contributed by atoms with Gasteiger partial charge in [-0.2, -0.15) is 11.3 Å². The summed E-state index contributed by atoms with van der Waals surface area (Å²) in [7, 11) is 0. The number of hydrogen-bond acceptors (Lipinski definition) is 3. The zero-order chi connectivity index (χ0) is 9.26. The normalized spacial score (nSPS) is 12.1. The van der Waals surface area contributed by atoms with Crippen LogP contribution >= 0.6 is 35.1 Å². The first-order chi connectivity index (χ1) is 6.27. The summed E-state index contributed by atoms with van der Waals surface area (Å²) in [4.78, 5) is 2.57. The molecule has 2 heterocycles. The molecule has 0 aliphatic carbocycles. The molecule has 0 fully saturated rings. The van der Waals surface area contributed by atoms with E-state index in [0.717, 1.165) is 0 Å². The van der Waals surface area contributed by atoms with Crippen LogP contribution in [-0.2, 0) is 0 Å². The highest BCUT2D eigenvalue weighted by Crippen LogP contribution is 2.27. The molecule has 2 aromatic heterocycles. The molecule has 0 aliphatic rings. The predicted molar refractivity (Wildman–Crippen MR) is 66.7 cm³/mol. The Morgan fingerprint density at radius 2 is 2.07 bits per heavy atom. The van der Waals surface area contributed by atoms with Crippen LogP contribution in [0.25, 0.3) is 0 Å². The second-order valence-electron chi connectivity index (χ2n) is 2.98. The van der Waals surface area contributed by atoms with Crippen molar-refractivity contribution in [3.05, 3.63) is 44.3 Å². The highest BCUT2D eigenvalue weighted by atomic mass is 35.5. The van der Waals surface area contributed by atoms with Crippen LogP contribution in [0.15, 0.2) is 29.0 Å². The molecular formula is C10H12ClNS2. The summed E-state index contributed by atoms with van der Waals surface area (Å²) in [6, 6.07) is 6.38. The van der Waals surface area contributed by atoms with Crippen molar-refractivity contribution < 1.29 is 0 Å². The Kier molecular flexibility index (Phi) is 4.13. The van der Waals surface area contributed by atoms with Crippen molar-refractivity contribution >= 4 is 35.1 Å². The van der Waals surface area contributed by atoms with Crippen LogP contribution in [0.4, 0.5) is 0 Å². The van der Waals surface area contributed by atoms with E-state index in [1.807, 2.05) is 0 Å². The molecule has 0 saturated heterocycles. The van der Waals surface area contributed by atoms with Gasteiger partial charge in [-0.1, -0.05) is 0 Å². The predicted octanol–water partition coefficient (Wildman–Crippen LogP) is 3.59. The number of rotatable bonds is 2. The molecule has 0 aliphatic heterocycles. The van der Waals surface area contributed by atoms with E-state index in [4.69, 9.17) is 5.73 Å². The third kappa shape index (κ3) is 2.36. The summed E-state index contributed by atoms with van der Waals surface area (Å²) >= 11 is 3.47. The van der Waals surface area contributed by atoms with Crippen LogP contribution in [0.3, 0.4) is 0 Å². The van der Waals surface area contributed by atoms with E-state index in [1.54, 1.807) is 22.7 Å². The van der Waals surface area contributed by atoms with E-state index in [9.17, 15) is 0 Å². The Morgan fingerprint density at radius 1 is 1.29 bits per heavy atom. The summed E-state index contributed by atoms with van der Waals surface area (Å²) in [5, 5.41) is 4.18. The Labute approximate surface area is 98.0 Å². The summed E-state index contributed by atoms with van der Waals surface area (Å²) < 4.78 is 0. The molecule has 0 bridgehead atoms. The molecule has 1 nitrogen and oxygen atoms in total. The van der Waals surface area contributed by atoms with Crippen molar-refractivity contribution in [1.82, 2.24) is 0 Å². The lowest BCUT2D eigenvalue weighted by molar-refractivity contribution is 0.899. The summed E-state index contributed by atoms with van der Waals surface area (Å²) in [6.07, 6.45) is 0. The second-order valence-corrected chi connectivity index (χ2v) is 5.08. The molecule has 0 radical (unpaired) electrons. The highest BCUT2D eigenvalue weighted by molar-refractivity contribution is 7.12. The lowest BCUT2D eigenvalue weighted by atomic mass is 10.1. The molecule has 1 atom stereocenters. The van der Waals surface area contributed by atoms with Gasteiger partial charge in [-0.3, -0.25) is 0 Å². The Balaban J connectivity index is 0.000000980. The molecule has 4 heteroatoms. The van der Waals surface area contributed by atoms with Crippen molar-refractivity contribution in [2.75, 3.05) is 0 Å². The SMILES string of the molecule is Cc1ccc([C@@H](N)c2ccsc2)s1.Cl. The van der Waals surface area contributed by atoms with Crippen LogP contribution in [0.1, 0.15) is 21.4 Å². The van der Waals surface area contributed by atoms with Crippen LogP contribution in [0.5, 0.6) is 0 Å². The quantitative estimate of drug-likeness (QED) is 0.860. The van der Waals surface area contributed by atoms with Gasteiger partial charge in [0.15, 0.2) is 0 Å². The Morgan fingerprint density at radius 3 is 2.57 bits per heavy atom. The summed E-state index contributed by atoms with van der Waals surface area (Å²) in [6.45, 7) is 2.11. The van der Waals surface area contributed by atoms with E-state index in [1.165, 1.54) is 15.3 Å². The molecule has 0 saturated carbocycles. The van der Waals surface area contributed by atoms with Gasteiger partial charge in [-0.15, -0.1) is 23.7 Å².